The molecule has 1 amide bonds. The van der Waals surface area contributed by atoms with Crippen LogP contribution in [0.3, 0.4) is 0 Å². The normalized spacial score (nSPS) is 18.6. The van der Waals surface area contributed by atoms with Gasteiger partial charge in [-0.2, -0.15) is 0 Å². The molecule has 1 N–H and O–H groups in total. The molecule has 0 aromatic heterocycles. The fourth-order valence-electron chi connectivity index (χ4n) is 2.07. The number of rotatable bonds is 5. The largest absolute Gasteiger partial charge is 0.491 e. The highest BCUT2D eigenvalue weighted by molar-refractivity contribution is 5.94. The minimum absolute atomic E-state index is 0.0633. The van der Waals surface area contributed by atoms with Crippen LogP contribution in [-0.2, 0) is 4.74 Å². The molecule has 1 saturated heterocycles. The lowest BCUT2D eigenvalue weighted by atomic mass is 10.2. The SMILES string of the molecule is CC(C)Oc1ccc(C(=O)NC[C@H]2CCCO2)cc1. The molecule has 1 aliphatic heterocycles. The third-order valence-electron chi connectivity index (χ3n) is 3.00. The van der Waals surface area contributed by atoms with E-state index in [2.05, 4.69) is 5.32 Å². The smallest absolute Gasteiger partial charge is 0.251 e. The summed E-state index contributed by atoms with van der Waals surface area (Å²) in [6, 6.07) is 7.20. The highest BCUT2D eigenvalue weighted by Crippen LogP contribution is 2.14. The van der Waals surface area contributed by atoms with Gasteiger partial charge in [-0.15, -0.1) is 0 Å². The number of amides is 1. The lowest BCUT2D eigenvalue weighted by Crippen LogP contribution is -2.31. The van der Waals surface area contributed by atoms with Crippen molar-refractivity contribution in [3.8, 4) is 5.75 Å². The number of carbonyl (C=O) groups is 1. The van der Waals surface area contributed by atoms with Gasteiger partial charge in [-0.1, -0.05) is 0 Å². The third-order valence-corrected chi connectivity index (χ3v) is 3.00. The predicted molar refractivity (Wildman–Crippen MR) is 73.5 cm³/mol. The molecule has 1 aromatic carbocycles. The quantitative estimate of drug-likeness (QED) is 0.887. The first-order chi connectivity index (χ1) is 9.15. The van der Waals surface area contributed by atoms with Crippen molar-refractivity contribution >= 4 is 5.91 Å². The number of nitrogens with one attached hydrogen (secondary N) is 1. The molecule has 1 atom stereocenters. The second-order valence-corrected chi connectivity index (χ2v) is 5.04. The van der Waals surface area contributed by atoms with Crippen LogP contribution in [-0.4, -0.2) is 31.3 Å². The fraction of sp³-hybridized carbons (Fsp3) is 0.533. The van der Waals surface area contributed by atoms with Gasteiger partial charge >= 0.3 is 0 Å². The molecule has 1 aliphatic rings. The van der Waals surface area contributed by atoms with Gasteiger partial charge < -0.3 is 14.8 Å². The molecule has 0 spiro atoms. The van der Waals surface area contributed by atoms with Gasteiger partial charge in [0.05, 0.1) is 12.2 Å². The van der Waals surface area contributed by atoms with Crippen LogP contribution in [0.2, 0.25) is 0 Å². The van der Waals surface area contributed by atoms with Crippen LogP contribution < -0.4 is 10.1 Å². The highest BCUT2D eigenvalue weighted by atomic mass is 16.5. The minimum Gasteiger partial charge on any atom is -0.491 e. The topological polar surface area (TPSA) is 47.6 Å². The van der Waals surface area contributed by atoms with Gasteiger partial charge in [0, 0.05) is 18.7 Å². The van der Waals surface area contributed by atoms with Gasteiger partial charge in [-0.3, -0.25) is 4.79 Å². The molecule has 4 nitrogen and oxygen atoms in total. The fourth-order valence-corrected chi connectivity index (χ4v) is 2.07. The maximum atomic E-state index is 11.9. The van der Waals surface area contributed by atoms with E-state index in [-0.39, 0.29) is 18.1 Å². The van der Waals surface area contributed by atoms with E-state index in [1.807, 2.05) is 26.0 Å². The van der Waals surface area contributed by atoms with Crippen molar-refractivity contribution in [3.05, 3.63) is 29.8 Å². The zero-order valence-electron chi connectivity index (χ0n) is 11.5. The zero-order valence-corrected chi connectivity index (χ0v) is 11.5. The van der Waals surface area contributed by atoms with E-state index in [1.165, 1.54) is 0 Å². The van der Waals surface area contributed by atoms with E-state index in [0.717, 1.165) is 25.2 Å². The first-order valence-electron chi connectivity index (χ1n) is 6.81. The molecule has 0 aliphatic carbocycles. The Bertz CT molecular complexity index is 408. The summed E-state index contributed by atoms with van der Waals surface area (Å²) in [5.41, 5.74) is 0.647. The Morgan fingerprint density at radius 2 is 2.16 bits per heavy atom. The van der Waals surface area contributed by atoms with Gasteiger partial charge in [0.15, 0.2) is 0 Å². The zero-order chi connectivity index (χ0) is 13.7. The molecule has 2 rings (SSSR count). The minimum atomic E-state index is -0.0633. The molecule has 1 heterocycles. The van der Waals surface area contributed by atoms with Gasteiger partial charge in [-0.05, 0) is 51.0 Å². The summed E-state index contributed by atoms with van der Waals surface area (Å²) in [4.78, 5) is 11.9. The van der Waals surface area contributed by atoms with Crippen molar-refractivity contribution in [2.75, 3.05) is 13.2 Å². The van der Waals surface area contributed by atoms with Crippen molar-refractivity contribution < 1.29 is 14.3 Å². The molecular formula is C15H21NO3. The van der Waals surface area contributed by atoms with Crippen molar-refractivity contribution in [2.45, 2.75) is 38.9 Å². The summed E-state index contributed by atoms with van der Waals surface area (Å²) in [5, 5.41) is 2.90. The van der Waals surface area contributed by atoms with Crippen LogP contribution in [0, 0.1) is 0 Å². The number of hydrogen-bond donors (Lipinski definition) is 1. The Hall–Kier alpha value is -1.55. The molecule has 0 saturated carbocycles. The van der Waals surface area contributed by atoms with Crippen LogP contribution >= 0.6 is 0 Å². The van der Waals surface area contributed by atoms with Crippen LogP contribution in [0.15, 0.2) is 24.3 Å². The highest BCUT2D eigenvalue weighted by Gasteiger charge is 2.16. The van der Waals surface area contributed by atoms with Crippen LogP contribution in [0.4, 0.5) is 0 Å². The summed E-state index contributed by atoms with van der Waals surface area (Å²) in [7, 11) is 0. The van der Waals surface area contributed by atoms with E-state index < -0.39 is 0 Å². The average Bonchev–Trinajstić information content (AvgIpc) is 2.89. The summed E-state index contributed by atoms with van der Waals surface area (Å²) in [6.45, 7) is 5.34. The first kappa shape index (κ1) is 13.9. The van der Waals surface area contributed by atoms with E-state index in [0.29, 0.717) is 12.1 Å². The number of benzene rings is 1. The summed E-state index contributed by atoms with van der Waals surface area (Å²) >= 11 is 0. The van der Waals surface area contributed by atoms with Gasteiger partial charge in [0.1, 0.15) is 5.75 Å². The maximum Gasteiger partial charge on any atom is 0.251 e. The number of hydrogen-bond acceptors (Lipinski definition) is 3. The van der Waals surface area contributed by atoms with Gasteiger partial charge in [-0.25, -0.2) is 0 Å². The van der Waals surface area contributed by atoms with Crippen molar-refractivity contribution in [1.29, 1.82) is 0 Å². The molecule has 0 radical (unpaired) electrons. The van der Waals surface area contributed by atoms with Crippen molar-refractivity contribution in [3.63, 3.8) is 0 Å². The van der Waals surface area contributed by atoms with E-state index >= 15 is 0 Å². The molecule has 19 heavy (non-hydrogen) atoms. The molecule has 0 bridgehead atoms. The van der Waals surface area contributed by atoms with Crippen molar-refractivity contribution in [2.24, 2.45) is 0 Å². The van der Waals surface area contributed by atoms with Crippen LogP contribution in [0.25, 0.3) is 0 Å². The van der Waals surface area contributed by atoms with E-state index in [1.54, 1.807) is 12.1 Å². The lowest BCUT2D eigenvalue weighted by Gasteiger charge is -2.12. The standard InChI is InChI=1S/C15H21NO3/c1-11(2)19-13-7-5-12(6-8-13)15(17)16-10-14-4-3-9-18-14/h5-8,11,14H,3-4,9-10H2,1-2H3,(H,16,17)/t14-/m1/s1. The van der Waals surface area contributed by atoms with E-state index in [4.69, 9.17) is 9.47 Å². The summed E-state index contributed by atoms with van der Waals surface area (Å²) < 4.78 is 11.0. The molecule has 4 heteroatoms. The number of ether oxygens (including phenoxy) is 2. The molecular weight excluding hydrogens is 242 g/mol. The average molecular weight is 263 g/mol. The Balaban J connectivity index is 1.84. The first-order valence-corrected chi connectivity index (χ1v) is 6.81. The van der Waals surface area contributed by atoms with Crippen LogP contribution in [0.1, 0.15) is 37.0 Å². The second kappa shape index (κ2) is 6.57. The second-order valence-electron chi connectivity index (χ2n) is 5.04. The van der Waals surface area contributed by atoms with E-state index in [9.17, 15) is 4.79 Å². The van der Waals surface area contributed by atoms with Crippen LogP contribution in [0.5, 0.6) is 5.75 Å². The Labute approximate surface area is 114 Å². The number of carbonyl (C=O) groups excluding carboxylic acids is 1. The lowest BCUT2D eigenvalue weighted by molar-refractivity contribution is 0.0857. The maximum absolute atomic E-state index is 11.9. The summed E-state index contributed by atoms with van der Waals surface area (Å²) in [6.07, 6.45) is 2.43. The summed E-state index contributed by atoms with van der Waals surface area (Å²) in [5.74, 6) is 0.720. The monoisotopic (exact) mass is 263 g/mol. The Morgan fingerprint density at radius 3 is 2.74 bits per heavy atom. The predicted octanol–water partition coefficient (Wildman–Crippen LogP) is 2.38. The van der Waals surface area contributed by atoms with Gasteiger partial charge in [0.25, 0.3) is 5.91 Å². The molecule has 1 fully saturated rings. The Morgan fingerprint density at radius 1 is 1.42 bits per heavy atom. The molecule has 0 unspecified atom stereocenters. The molecule has 1 aromatic rings. The van der Waals surface area contributed by atoms with Gasteiger partial charge in [0.2, 0.25) is 0 Å². The molecule has 104 valence electrons. The third kappa shape index (κ3) is 4.24. The Kier molecular flexibility index (Phi) is 4.80. The van der Waals surface area contributed by atoms with Crippen molar-refractivity contribution in [1.82, 2.24) is 5.32 Å².